The van der Waals surface area contributed by atoms with Gasteiger partial charge < -0.3 is 20.3 Å². The van der Waals surface area contributed by atoms with Crippen LogP contribution in [0.1, 0.15) is 36.9 Å². The van der Waals surface area contributed by atoms with Gasteiger partial charge in [0.2, 0.25) is 11.8 Å². The molecule has 3 rings (SSSR count). The molecule has 0 spiro atoms. The van der Waals surface area contributed by atoms with Gasteiger partial charge in [-0.05, 0) is 37.5 Å². The van der Waals surface area contributed by atoms with Crippen molar-refractivity contribution in [3.8, 4) is 0 Å². The van der Waals surface area contributed by atoms with Crippen molar-refractivity contribution in [2.45, 2.75) is 57.0 Å². The van der Waals surface area contributed by atoms with Crippen LogP contribution in [-0.2, 0) is 22.7 Å². The Bertz CT molecular complexity index is 881. The summed E-state index contributed by atoms with van der Waals surface area (Å²) >= 11 is 7.31. The van der Waals surface area contributed by atoms with E-state index in [0.717, 1.165) is 31.2 Å². The highest BCUT2D eigenvalue weighted by Gasteiger charge is 2.19. The first-order valence-corrected chi connectivity index (χ1v) is 11.0. The minimum absolute atomic E-state index is 0.0733. The number of thioether (sulfide) groups is 1. The van der Waals surface area contributed by atoms with Crippen LogP contribution >= 0.6 is 23.4 Å². The zero-order valence-corrected chi connectivity index (χ0v) is 17.9. The maximum atomic E-state index is 12.4. The molecule has 9 heteroatoms. The van der Waals surface area contributed by atoms with Crippen LogP contribution in [0.3, 0.4) is 0 Å². The lowest BCUT2D eigenvalue weighted by Crippen LogP contribution is -2.35. The number of aryl methyl sites for hydroxylation is 1. The highest BCUT2D eigenvalue weighted by atomic mass is 35.5. The van der Waals surface area contributed by atoms with Crippen LogP contribution < -0.4 is 10.6 Å². The summed E-state index contributed by atoms with van der Waals surface area (Å²) in [5.41, 5.74) is 2.11. The van der Waals surface area contributed by atoms with Gasteiger partial charge in [0.1, 0.15) is 6.54 Å². The number of rotatable bonds is 8. The van der Waals surface area contributed by atoms with Crippen molar-refractivity contribution >= 4 is 40.9 Å². The topological polar surface area (TPSA) is 96.2 Å². The fraction of sp³-hybridized carbons (Fsp3) is 0.450. The van der Waals surface area contributed by atoms with Crippen LogP contribution in [0.4, 0.5) is 5.69 Å². The number of aromatic nitrogens is 2. The number of amides is 2. The van der Waals surface area contributed by atoms with Crippen molar-refractivity contribution in [1.82, 2.24) is 14.9 Å². The molecule has 0 aliphatic heterocycles. The van der Waals surface area contributed by atoms with Gasteiger partial charge in [-0.3, -0.25) is 9.59 Å². The second-order valence-corrected chi connectivity index (χ2v) is 8.48. The van der Waals surface area contributed by atoms with Crippen LogP contribution in [0.15, 0.2) is 29.6 Å². The van der Waals surface area contributed by atoms with Crippen LogP contribution in [0, 0.1) is 6.92 Å². The Balaban J connectivity index is 1.58. The van der Waals surface area contributed by atoms with Crippen LogP contribution in [0.2, 0.25) is 5.02 Å². The first-order valence-electron chi connectivity index (χ1n) is 9.59. The summed E-state index contributed by atoms with van der Waals surface area (Å²) in [7, 11) is 0. The minimum atomic E-state index is -0.224. The van der Waals surface area contributed by atoms with Gasteiger partial charge in [-0.2, -0.15) is 0 Å². The number of anilines is 1. The fourth-order valence-corrected chi connectivity index (χ4v) is 4.27. The number of nitrogens with one attached hydrogen (secondary N) is 2. The number of carbonyl (C=O) groups is 2. The minimum Gasteiger partial charge on any atom is -0.390 e. The molecule has 1 aromatic carbocycles. The van der Waals surface area contributed by atoms with E-state index < -0.39 is 0 Å². The lowest BCUT2D eigenvalue weighted by molar-refractivity contribution is -0.122. The van der Waals surface area contributed by atoms with Crippen molar-refractivity contribution in [2.24, 2.45) is 0 Å². The Morgan fingerprint density at radius 1 is 1.31 bits per heavy atom. The molecule has 0 unspecified atom stereocenters. The van der Waals surface area contributed by atoms with E-state index >= 15 is 0 Å². The van der Waals surface area contributed by atoms with Gasteiger partial charge in [0.25, 0.3) is 0 Å². The van der Waals surface area contributed by atoms with E-state index in [9.17, 15) is 14.7 Å². The average Bonchev–Trinajstić information content (AvgIpc) is 3.33. The normalized spacial score (nSPS) is 14.2. The molecule has 0 bridgehead atoms. The summed E-state index contributed by atoms with van der Waals surface area (Å²) in [6.45, 7) is 1.74. The third-order valence-corrected chi connectivity index (χ3v) is 6.27. The monoisotopic (exact) mass is 436 g/mol. The summed E-state index contributed by atoms with van der Waals surface area (Å²) < 4.78 is 1.66. The van der Waals surface area contributed by atoms with Gasteiger partial charge in [-0.15, -0.1) is 0 Å². The molecule has 2 aromatic rings. The highest BCUT2D eigenvalue weighted by Crippen LogP contribution is 2.22. The van der Waals surface area contributed by atoms with Crippen LogP contribution in [0.5, 0.6) is 0 Å². The number of carbonyl (C=O) groups excluding carboxylic acids is 2. The molecule has 0 saturated heterocycles. The molecular formula is C20H25ClN4O3S. The lowest BCUT2D eigenvalue weighted by Gasteiger charge is -2.14. The molecule has 0 radical (unpaired) electrons. The number of hydrogen-bond acceptors (Lipinski definition) is 5. The molecule has 1 aliphatic carbocycles. The van der Waals surface area contributed by atoms with Crippen molar-refractivity contribution in [1.29, 1.82) is 0 Å². The Kier molecular flexibility index (Phi) is 7.57. The highest BCUT2D eigenvalue weighted by molar-refractivity contribution is 7.99. The quantitative estimate of drug-likeness (QED) is 0.552. The van der Waals surface area contributed by atoms with E-state index in [-0.39, 0.29) is 36.8 Å². The molecule has 2 amide bonds. The van der Waals surface area contributed by atoms with Gasteiger partial charge in [0, 0.05) is 16.8 Å². The number of aliphatic hydroxyl groups excluding tert-OH is 1. The second kappa shape index (κ2) is 10.1. The predicted molar refractivity (Wildman–Crippen MR) is 114 cm³/mol. The van der Waals surface area contributed by atoms with E-state index in [4.69, 9.17) is 11.6 Å². The molecule has 3 N–H and O–H groups in total. The number of halogens is 1. The molecule has 7 nitrogen and oxygen atoms in total. The van der Waals surface area contributed by atoms with Crippen molar-refractivity contribution < 1.29 is 14.7 Å². The number of aliphatic hydroxyl groups is 1. The van der Waals surface area contributed by atoms with Crippen molar-refractivity contribution in [3.63, 3.8) is 0 Å². The summed E-state index contributed by atoms with van der Waals surface area (Å²) in [5, 5.41) is 16.5. The molecule has 0 atom stereocenters. The van der Waals surface area contributed by atoms with Gasteiger partial charge in [-0.25, -0.2) is 4.98 Å². The summed E-state index contributed by atoms with van der Waals surface area (Å²) in [6.07, 6.45) is 5.82. The maximum Gasteiger partial charge on any atom is 0.240 e. The molecular weight excluding hydrogens is 412 g/mol. The smallest absolute Gasteiger partial charge is 0.240 e. The van der Waals surface area contributed by atoms with Crippen molar-refractivity contribution in [2.75, 3.05) is 11.1 Å². The van der Waals surface area contributed by atoms with Gasteiger partial charge in [0.05, 0.1) is 24.3 Å². The van der Waals surface area contributed by atoms with E-state index in [2.05, 4.69) is 15.6 Å². The Hall–Kier alpha value is -2.03. The number of hydrogen-bond donors (Lipinski definition) is 3. The van der Waals surface area contributed by atoms with Gasteiger partial charge in [0.15, 0.2) is 5.16 Å². The van der Waals surface area contributed by atoms with Gasteiger partial charge in [-0.1, -0.05) is 42.3 Å². The molecule has 156 valence electrons. The maximum absolute atomic E-state index is 12.4. The molecule has 29 heavy (non-hydrogen) atoms. The standard InChI is InChI=1S/C20H25ClN4O3S/c1-13-6-7-15(8-17(13)21)24-19(28)12-29-20-22-9-16(11-26)25(20)10-18(27)23-14-4-2-3-5-14/h6-9,14,26H,2-5,10-12H2,1H3,(H,23,27)(H,24,28). The van der Waals surface area contributed by atoms with Crippen LogP contribution in [-0.4, -0.2) is 38.3 Å². The SMILES string of the molecule is Cc1ccc(NC(=O)CSc2ncc(CO)n2CC(=O)NC2CCCC2)cc1Cl. The van der Waals surface area contributed by atoms with Gasteiger partial charge >= 0.3 is 0 Å². The van der Waals surface area contributed by atoms with Crippen LogP contribution in [0.25, 0.3) is 0 Å². The zero-order chi connectivity index (χ0) is 20.8. The largest absolute Gasteiger partial charge is 0.390 e. The fourth-order valence-electron chi connectivity index (χ4n) is 3.29. The Labute approximate surface area is 179 Å². The zero-order valence-electron chi connectivity index (χ0n) is 16.3. The second-order valence-electron chi connectivity index (χ2n) is 7.13. The molecule has 1 aliphatic rings. The first kappa shape index (κ1) is 21.7. The predicted octanol–water partition coefficient (Wildman–Crippen LogP) is 3.13. The van der Waals surface area contributed by atoms with Crippen molar-refractivity contribution in [3.05, 3.63) is 40.7 Å². The summed E-state index contributed by atoms with van der Waals surface area (Å²) in [6, 6.07) is 5.57. The summed E-state index contributed by atoms with van der Waals surface area (Å²) in [4.78, 5) is 28.9. The third kappa shape index (κ3) is 5.98. The molecule has 1 fully saturated rings. The Morgan fingerprint density at radius 3 is 2.76 bits per heavy atom. The molecule has 1 saturated carbocycles. The molecule has 1 aromatic heterocycles. The van der Waals surface area contributed by atoms with E-state index in [0.29, 0.717) is 21.6 Å². The lowest BCUT2D eigenvalue weighted by atomic mass is 10.2. The first-order chi connectivity index (χ1) is 14.0. The number of nitrogens with zero attached hydrogens (tertiary/aromatic N) is 2. The van der Waals surface area contributed by atoms with E-state index in [1.165, 1.54) is 18.0 Å². The van der Waals surface area contributed by atoms with E-state index in [1.807, 2.05) is 13.0 Å². The number of imidazole rings is 1. The number of benzene rings is 1. The molecule has 1 heterocycles. The third-order valence-electron chi connectivity index (χ3n) is 4.87. The average molecular weight is 437 g/mol. The summed E-state index contributed by atoms with van der Waals surface area (Å²) in [5.74, 6) is -0.187. The Morgan fingerprint density at radius 2 is 2.07 bits per heavy atom. The van der Waals surface area contributed by atoms with E-state index in [1.54, 1.807) is 16.7 Å².